The van der Waals surface area contributed by atoms with Crippen LogP contribution in [0.5, 0.6) is 0 Å². The summed E-state index contributed by atoms with van der Waals surface area (Å²) in [5.74, 6) is 0.983. The van der Waals surface area contributed by atoms with Gasteiger partial charge >= 0.3 is 0 Å². The van der Waals surface area contributed by atoms with Gasteiger partial charge in [0, 0.05) is 22.1 Å². The van der Waals surface area contributed by atoms with E-state index in [0.717, 1.165) is 55.4 Å². The number of hydrogen-bond acceptors (Lipinski definition) is 1. The minimum Gasteiger partial charge on any atom is -0.456 e. The van der Waals surface area contributed by atoms with Gasteiger partial charge in [-0.15, -0.1) is 0 Å². The number of allylic oxidation sites excluding steroid dienone is 9. The summed E-state index contributed by atoms with van der Waals surface area (Å²) in [6, 6.07) is 78.5. The van der Waals surface area contributed by atoms with Gasteiger partial charge in [0.1, 0.15) is 11.3 Å². The molecular formula is C76H54O. The molecule has 1 heterocycles. The lowest BCUT2D eigenvalue weighted by atomic mass is 9.64. The molecule has 0 saturated carbocycles. The molecule has 0 bridgehead atoms. The maximum atomic E-state index is 7.04. The van der Waals surface area contributed by atoms with Gasteiger partial charge in [0.25, 0.3) is 0 Å². The molecule has 0 radical (unpaired) electrons. The molecule has 0 unspecified atom stereocenters. The monoisotopic (exact) mass is 982 g/mol. The zero-order valence-electron chi connectivity index (χ0n) is 42.9. The van der Waals surface area contributed by atoms with E-state index >= 15 is 0 Å². The third-order valence-electron chi connectivity index (χ3n) is 18.0. The normalized spacial score (nSPS) is 16.2. The van der Waals surface area contributed by atoms with E-state index in [1.165, 1.54) is 127 Å². The zero-order chi connectivity index (χ0) is 50.7. The molecule has 0 spiro atoms. The van der Waals surface area contributed by atoms with E-state index in [1.54, 1.807) is 0 Å². The smallest absolute Gasteiger partial charge is 0.142 e. The van der Waals surface area contributed by atoms with Gasteiger partial charge in [-0.3, -0.25) is 0 Å². The van der Waals surface area contributed by atoms with Crippen LogP contribution in [-0.2, 0) is 17.3 Å². The van der Waals surface area contributed by atoms with Crippen molar-refractivity contribution in [2.24, 2.45) is 0 Å². The average molecular weight is 983 g/mol. The Balaban J connectivity index is 1.02. The predicted octanol–water partition coefficient (Wildman–Crippen LogP) is 19.9. The highest BCUT2D eigenvalue weighted by Gasteiger charge is 2.49. The molecule has 1 aromatic heterocycles. The second-order valence-electron chi connectivity index (χ2n) is 21.7. The molecule has 16 rings (SSSR count). The average Bonchev–Trinajstić information content (AvgIpc) is 4.16. The van der Waals surface area contributed by atoms with Crippen LogP contribution in [0.3, 0.4) is 0 Å². The van der Waals surface area contributed by atoms with Crippen molar-refractivity contribution in [1.82, 2.24) is 0 Å². The third-order valence-corrected chi connectivity index (χ3v) is 18.0. The Morgan fingerprint density at radius 1 is 0.312 bits per heavy atom. The standard InChI is InChI=1S/C76H54O/c1-5-24-49(25-6-1)75(50-26-7-2-8-27-50)66-43-16-13-33-61(66)72-56(39-22-45-68(72)75)53-35-19-37-58-64(53)48-65-54(36-20-38-59(65)71(58)63-42-21-41-60-55-32-15-18-47-70(55)77-74(60)63)57-40-23-46-69-73(57)62-34-14-17-44-67(62)76(69,51-28-9-3-10-29-51)52-30-11-4-12-31-52/h1-2,5-9,11,13-14,16-31,33-48H,3-4,10,12,15,32H2. The highest BCUT2D eigenvalue weighted by atomic mass is 16.3. The van der Waals surface area contributed by atoms with E-state index in [4.69, 9.17) is 4.42 Å². The van der Waals surface area contributed by atoms with Crippen LogP contribution in [-0.4, -0.2) is 0 Å². The molecule has 0 N–H and O–H groups in total. The van der Waals surface area contributed by atoms with Gasteiger partial charge < -0.3 is 4.42 Å². The maximum absolute atomic E-state index is 7.04. The van der Waals surface area contributed by atoms with Crippen LogP contribution in [0.4, 0.5) is 0 Å². The van der Waals surface area contributed by atoms with Gasteiger partial charge in [0.2, 0.25) is 0 Å². The lowest BCUT2D eigenvalue weighted by molar-refractivity contribution is 0.596. The number of hydrogen-bond donors (Lipinski definition) is 0. The highest BCUT2D eigenvalue weighted by molar-refractivity contribution is 6.22. The molecule has 77 heavy (non-hydrogen) atoms. The summed E-state index contributed by atoms with van der Waals surface area (Å²) in [5.41, 5.74) is 24.4. The molecule has 5 aliphatic rings. The van der Waals surface area contributed by atoms with Gasteiger partial charge in [0.05, 0.1) is 10.8 Å². The van der Waals surface area contributed by atoms with Crippen LogP contribution in [0.2, 0.25) is 0 Å². The molecule has 11 aromatic rings. The number of benzene rings is 10. The first-order valence-electron chi connectivity index (χ1n) is 27.8. The molecule has 0 fully saturated rings. The maximum Gasteiger partial charge on any atom is 0.142 e. The molecule has 0 atom stereocenters. The summed E-state index contributed by atoms with van der Waals surface area (Å²) >= 11 is 0. The Morgan fingerprint density at radius 2 is 0.766 bits per heavy atom. The molecule has 0 aliphatic heterocycles. The fourth-order valence-electron chi connectivity index (χ4n) is 15.0. The van der Waals surface area contributed by atoms with Crippen molar-refractivity contribution in [3.05, 3.63) is 305 Å². The first-order valence-corrected chi connectivity index (χ1v) is 27.8. The molecule has 1 heteroatoms. The first-order chi connectivity index (χ1) is 38.2. The van der Waals surface area contributed by atoms with Crippen molar-refractivity contribution < 1.29 is 4.42 Å². The molecular weight excluding hydrogens is 929 g/mol. The van der Waals surface area contributed by atoms with Crippen molar-refractivity contribution in [3.8, 4) is 55.6 Å². The van der Waals surface area contributed by atoms with Crippen LogP contribution in [0.25, 0.3) is 94.2 Å². The Kier molecular flexibility index (Phi) is 9.92. The topological polar surface area (TPSA) is 13.1 Å². The summed E-state index contributed by atoms with van der Waals surface area (Å²) in [6.07, 6.45) is 25.3. The van der Waals surface area contributed by atoms with Crippen LogP contribution in [0.15, 0.2) is 264 Å². The van der Waals surface area contributed by atoms with Gasteiger partial charge in [-0.1, -0.05) is 243 Å². The molecule has 5 aliphatic carbocycles. The van der Waals surface area contributed by atoms with Crippen LogP contribution in [0.1, 0.15) is 76.8 Å². The van der Waals surface area contributed by atoms with Crippen LogP contribution in [0, 0.1) is 0 Å². The van der Waals surface area contributed by atoms with Crippen LogP contribution >= 0.6 is 0 Å². The summed E-state index contributed by atoms with van der Waals surface area (Å²) in [6.45, 7) is 0. The number of rotatable bonds is 7. The van der Waals surface area contributed by atoms with Crippen molar-refractivity contribution in [1.29, 1.82) is 0 Å². The first kappa shape index (κ1) is 44.3. The molecule has 10 aromatic carbocycles. The largest absolute Gasteiger partial charge is 0.456 e. The second-order valence-corrected chi connectivity index (χ2v) is 21.7. The van der Waals surface area contributed by atoms with E-state index < -0.39 is 10.8 Å². The number of furan rings is 1. The van der Waals surface area contributed by atoms with Crippen LogP contribution < -0.4 is 0 Å². The summed E-state index contributed by atoms with van der Waals surface area (Å²) in [5, 5.41) is 6.08. The Morgan fingerprint density at radius 3 is 1.34 bits per heavy atom. The molecule has 1 nitrogen and oxygen atoms in total. The van der Waals surface area contributed by atoms with E-state index in [2.05, 4.69) is 255 Å². The highest BCUT2D eigenvalue weighted by Crippen LogP contribution is 2.62. The molecule has 0 saturated heterocycles. The number of para-hydroxylation sites is 1. The van der Waals surface area contributed by atoms with Crippen molar-refractivity contribution in [2.75, 3.05) is 0 Å². The predicted molar refractivity (Wildman–Crippen MR) is 321 cm³/mol. The fourth-order valence-corrected chi connectivity index (χ4v) is 15.0. The summed E-state index contributed by atoms with van der Waals surface area (Å²) in [7, 11) is 0. The van der Waals surface area contributed by atoms with Crippen molar-refractivity contribution in [2.45, 2.75) is 49.4 Å². The minimum absolute atomic E-state index is 0.424. The van der Waals surface area contributed by atoms with Gasteiger partial charge in [-0.25, -0.2) is 0 Å². The molecule has 364 valence electrons. The van der Waals surface area contributed by atoms with Gasteiger partial charge in [-0.05, 0) is 161 Å². The van der Waals surface area contributed by atoms with Crippen molar-refractivity contribution >= 4 is 38.6 Å². The Labute approximate surface area is 450 Å². The number of fused-ring (bicyclic) bond motifs is 11. The SMILES string of the molecule is C1=CC(C2(C3=CCCC=C3)c3ccccc3-c3c(-c4cccc5c(-c6cccc7c8c(oc67)C=CCC8)c6cccc(-c7cccc8c7-c7ccccc7C8(c7ccccc7)c7ccccc7)c6cc45)cccc32)=CCC1. The van der Waals surface area contributed by atoms with E-state index in [1.807, 2.05) is 0 Å². The lowest BCUT2D eigenvalue weighted by Crippen LogP contribution is -2.30. The van der Waals surface area contributed by atoms with Gasteiger partial charge in [0.15, 0.2) is 0 Å². The lowest BCUT2D eigenvalue weighted by Gasteiger charge is -2.37. The Bertz CT molecular complexity index is 4360. The quantitative estimate of drug-likeness (QED) is 0.145. The minimum atomic E-state index is -0.519. The van der Waals surface area contributed by atoms with E-state index in [-0.39, 0.29) is 0 Å². The van der Waals surface area contributed by atoms with E-state index in [9.17, 15) is 0 Å². The summed E-state index contributed by atoms with van der Waals surface area (Å²) < 4.78 is 7.04. The molecule has 0 amide bonds. The third kappa shape index (κ3) is 6.17. The second kappa shape index (κ2) is 17.2. The van der Waals surface area contributed by atoms with Crippen molar-refractivity contribution in [3.63, 3.8) is 0 Å². The Hall–Kier alpha value is -9.04. The number of aryl methyl sites for hydroxylation is 1. The van der Waals surface area contributed by atoms with E-state index in [0.29, 0.717) is 0 Å². The van der Waals surface area contributed by atoms with Gasteiger partial charge in [-0.2, -0.15) is 0 Å². The fraction of sp³-hybridized carbons (Fsp3) is 0.105. The summed E-state index contributed by atoms with van der Waals surface area (Å²) in [4.78, 5) is 0. The zero-order valence-corrected chi connectivity index (χ0v) is 42.9.